The van der Waals surface area contributed by atoms with Gasteiger partial charge in [0.25, 0.3) is 17.5 Å². The summed E-state index contributed by atoms with van der Waals surface area (Å²) in [6.45, 7) is 1.78. The Morgan fingerprint density at radius 2 is 1.78 bits per heavy atom. The van der Waals surface area contributed by atoms with Crippen molar-refractivity contribution >= 4 is 46.9 Å². The fourth-order valence-corrected chi connectivity index (χ4v) is 3.26. The van der Waals surface area contributed by atoms with Gasteiger partial charge in [0.1, 0.15) is 17.1 Å². The first-order valence-electron chi connectivity index (χ1n) is 9.27. The van der Waals surface area contributed by atoms with Crippen molar-refractivity contribution in [1.29, 1.82) is 0 Å². The molecule has 4 rings (SSSR count). The molecule has 1 aliphatic rings. The van der Waals surface area contributed by atoms with Gasteiger partial charge in [-0.25, -0.2) is 9.69 Å². The van der Waals surface area contributed by atoms with E-state index in [1.165, 1.54) is 42.5 Å². The number of nitro groups is 1. The highest BCUT2D eigenvalue weighted by Crippen LogP contribution is 2.28. The van der Waals surface area contributed by atoms with Crippen LogP contribution in [0.2, 0.25) is 5.02 Å². The number of nitrogens with one attached hydrogen (secondary N) is 1. The lowest BCUT2D eigenvalue weighted by Crippen LogP contribution is -2.54. The van der Waals surface area contributed by atoms with Crippen molar-refractivity contribution in [2.24, 2.45) is 0 Å². The lowest BCUT2D eigenvalue weighted by molar-refractivity contribution is -0.384. The average Bonchev–Trinajstić information content (AvgIpc) is 3.22. The van der Waals surface area contributed by atoms with E-state index in [1.54, 1.807) is 25.1 Å². The summed E-state index contributed by atoms with van der Waals surface area (Å²) in [4.78, 5) is 48.7. The van der Waals surface area contributed by atoms with Crippen LogP contribution >= 0.6 is 11.6 Å². The Kier molecular flexibility index (Phi) is 5.33. The summed E-state index contributed by atoms with van der Waals surface area (Å²) in [5.41, 5.74) is 1.19. The Bertz CT molecular complexity index is 1310. The lowest BCUT2D eigenvalue weighted by Gasteiger charge is -2.26. The molecule has 9 nitrogen and oxygen atoms in total. The zero-order chi connectivity index (χ0) is 23.0. The largest absolute Gasteiger partial charge is 0.457 e. The van der Waals surface area contributed by atoms with Crippen LogP contribution in [0.15, 0.2) is 64.6 Å². The fraction of sp³-hybridized carbons (Fsp3) is 0.0455. The van der Waals surface area contributed by atoms with Crippen LogP contribution in [0.25, 0.3) is 17.4 Å². The number of non-ortho nitro benzene ring substituents is 1. The number of imide groups is 2. The average molecular weight is 452 g/mol. The van der Waals surface area contributed by atoms with Gasteiger partial charge in [0.2, 0.25) is 0 Å². The molecule has 0 radical (unpaired) electrons. The van der Waals surface area contributed by atoms with Crippen LogP contribution in [0.3, 0.4) is 0 Å². The molecule has 0 unspecified atom stereocenters. The highest BCUT2D eigenvalue weighted by molar-refractivity contribution is 6.39. The van der Waals surface area contributed by atoms with E-state index in [-0.39, 0.29) is 22.7 Å². The molecule has 4 amide bonds. The van der Waals surface area contributed by atoms with Crippen molar-refractivity contribution in [2.75, 3.05) is 4.90 Å². The Hall–Kier alpha value is -4.24. The van der Waals surface area contributed by atoms with Gasteiger partial charge in [-0.15, -0.1) is 0 Å². The van der Waals surface area contributed by atoms with Crippen molar-refractivity contribution in [3.05, 3.63) is 86.6 Å². The molecule has 1 saturated heterocycles. The van der Waals surface area contributed by atoms with Gasteiger partial charge in [0, 0.05) is 22.7 Å². The van der Waals surface area contributed by atoms with Crippen LogP contribution in [-0.2, 0) is 9.59 Å². The molecule has 160 valence electrons. The smallest absolute Gasteiger partial charge is 0.335 e. The van der Waals surface area contributed by atoms with Gasteiger partial charge < -0.3 is 4.42 Å². The standard InChI is InChI=1S/C22H14ClN3O6/c1-12-2-5-15(10-18(12)23)25-21(28)17(20(27)24-22(25)29)11-16-8-9-19(32-16)13-3-6-14(7-4-13)26(30)31/h2-11H,1H3,(H,24,27,29)/b17-11+. The molecular formula is C22H14ClN3O6. The van der Waals surface area contributed by atoms with Gasteiger partial charge in [-0.05, 0) is 55.0 Å². The van der Waals surface area contributed by atoms with Gasteiger partial charge in [-0.1, -0.05) is 17.7 Å². The Labute approximate surface area is 186 Å². The molecule has 0 saturated carbocycles. The topological polar surface area (TPSA) is 123 Å². The van der Waals surface area contributed by atoms with E-state index in [9.17, 15) is 24.5 Å². The number of furan rings is 1. The fourth-order valence-electron chi connectivity index (χ4n) is 3.09. The molecule has 10 heteroatoms. The number of amides is 4. The lowest BCUT2D eigenvalue weighted by atomic mass is 10.1. The van der Waals surface area contributed by atoms with E-state index in [0.717, 1.165) is 10.5 Å². The minimum Gasteiger partial charge on any atom is -0.457 e. The third-order valence-corrected chi connectivity index (χ3v) is 5.20. The molecule has 1 aromatic heterocycles. The van der Waals surface area contributed by atoms with Crippen LogP contribution in [0.1, 0.15) is 11.3 Å². The summed E-state index contributed by atoms with van der Waals surface area (Å²) in [7, 11) is 0. The number of halogens is 1. The predicted molar refractivity (Wildman–Crippen MR) is 116 cm³/mol. The second kappa shape index (κ2) is 8.12. The van der Waals surface area contributed by atoms with Gasteiger partial charge in [-0.2, -0.15) is 0 Å². The number of urea groups is 1. The number of rotatable bonds is 4. The molecule has 0 bridgehead atoms. The molecule has 2 heterocycles. The third-order valence-electron chi connectivity index (χ3n) is 4.79. The number of hydrogen-bond acceptors (Lipinski definition) is 6. The minimum atomic E-state index is -0.886. The number of nitrogens with zero attached hydrogens (tertiary/aromatic N) is 2. The zero-order valence-electron chi connectivity index (χ0n) is 16.5. The first-order chi connectivity index (χ1) is 15.2. The summed E-state index contributed by atoms with van der Waals surface area (Å²) in [5, 5.41) is 13.3. The number of benzene rings is 2. The summed E-state index contributed by atoms with van der Waals surface area (Å²) < 4.78 is 5.67. The molecule has 0 atom stereocenters. The summed E-state index contributed by atoms with van der Waals surface area (Å²) in [6, 6.07) is 12.6. The molecule has 32 heavy (non-hydrogen) atoms. The minimum absolute atomic E-state index is 0.0620. The van der Waals surface area contributed by atoms with E-state index in [1.807, 2.05) is 0 Å². The maximum absolute atomic E-state index is 13.0. The monoisotopic (exact) mass is 451 g/mol. The van der Waals surface area contributed by atoms with Gasteiger partial charge >= 0.3 is 6.03 Å². The Balaban J connectivity index is 1.65. The molecule has 0 spiro atoms. The van der Waals surface area contributed by atoms with E-state index in [2.05, 4.69) is 5.32 Å². The van der Waals surface area contributed by atoms with E-state index in [4.69, 9.17) is 16.0 Å². The number of nitro benzene ring substituents is 1. The number of anilines is 1. The van der Waals surface area contributed by atoms with Crippen LogP contribution in [0, 0.1) is 17.0 Å². The molecule has 1 aliphatic heterocycles. The number of carbonyl (C=O) groups is 3. The highest BCUT2D eigenvalue weighted by Gasteiger charge is 2.37. The summed E-state index contributed by atoms with van der Waals surface area (Å²) >= 11 is 6.11. The number of carbonyl (C=O) groups excluding carboxylic acids is 3. The van der Waals surface area contributed by atoms with Gasteiger partial charge in [0.05, 0.1) is 10.6 Å². The van der Waals surface area contributed by atoms with Crippen molar-refractivity contribution in [2.45, 2.75) is 6.92 Å². The first-order valence-corrected chi connectivity index (χ1v) is 9.64. The van der Waals surface area contributed by atoms with E-state index >= 15 is 0 Å². The van der Waals surface area contributed by atoms with Crippen LogP contribution in [0.5, 0.6) is 0 Å². The van der Waals surface area contributed by atoms with Crippen molar-refractivity contribution in [1.82, 2.24) is 5.32 Å². The Morgan fingerprint density at radius 3 is 2.44 bits per heavy atom. The molecule has 0 aliphatic carbocycles. The third kappa shape index (κ3) is 3.88. The van der Waals surface area contributed by atoms with Crippen LogP contribution < -0.4 is 10.2 Å². The molecule has 2 aromatic carbocycles. The van der Waals surface area contributed by atoms with Crippen LogP contribution in [0.4, 0.5) is 16.2 Å². The maximum atomic E-state index is 13.0. The number of barbiturate groups is 1. The van der Waals surface area contributed by atoms with Gasteiger partial charge in [0.15, 0.2) is 0 Å². The number of hydrogen-bond donors (Lipinski definition) is 1. The summed E-state index contributed by atoms with van der Waals surface area (Å²) in [6.07, 6.45) is 1.22. The van der Waals surface area contributed by atoms with E-state index in [0.29, 0.717) is 16.3 Å². The quantitative estimate of drug-likeness (QED) is 0.270. The predicted octanol–water partition coefficient (Wildman–Crippen LogP) is 4.48. The van der Waals surface area contributed by atoms with Crippen molar-refractivity contribution < 1.29 is 23.7 Å². The second-order valence-electron chi connectivity index (χ2n) is 6.90. The summed E-state index contributed by atoms with van der Waals surface area (Å²) in [5.74, 6) is -1.11. The van der Waals surface area contributed by atoms with Gasteiger partial charge in [-0.3, -0.25) is 25.0 Å². The number of aryl methyl sites for hydroxylation is 1. The zero-order valence-corrected chi connectivity index (χ0v) is 17.3. The van der Waals surface area contributed by atoms with Crippen molar-refractivity contribution in [3.8, 4) is 11.3 Å². The maximum Gasteiger partial charge on any atom is 0.335 e. The molecular weight excluding hydrogens is 438 g/mol. The molecule has 3 aromatic rings. The normalized spacial score (nSPS) is 15.2. The SMILES string of the molecule is Cc1ccc(N2C(=O)NC(=O)/C(=C\c3ccc(-c4ccc([N+](=O)[O-])cc4)o3)C2=O)cc1Cl. The molecule has 1 N–H and O–H groups in total. The van der Waals surface area contributed by atoms with Crippen molar-refractivity contribution in [3.63, 3.8) is 0 Å². The Morgan fingerprint density at radius 1 is 1.06 bits per heavy atom. The van der Waals surface area contributed by atoms with E-state index < -0.39 is 22.8 Å². The second-order valence-corrected chi connectivity index (χ2v) is 7.30. The molecule has 1 fully saturated rings. The highest BCUT2D eigenvalue weighted by atomic mass is 35.5. The van der Waals surface area contributed by atoms with Crippen LogP contribution in [-0.4, -0.2) is 22.8 Å². The first kappa shape index (κ1) is 21.0.